The minimum absolute atomic E-state index is 0.222. The van der Waals surface area contributed by atoms with Gasteiger partial charge < -0.3 is 14.8 Å². The summed E-state index contributed by atoms with van der Waals surface area (Å²) in [5.41, 5.74) is -3.30. The van der Waals surface area contributed by atoms with Gasteiger partial charge in [0.1, 0.15) is 11.5 Å². The summed E-state index contributed by atoms with van der Waals surface area (Å²) < 4.78 is 43.2. The van der Waals surface area contributed by atoms with Crippen LogP contribution in [0.1, 0.15) is 17.9 Å². The molecule has 0 radical (unpaired) electrons. The highest BCUT2D eigenvalue weighted by atomic mass is 19.4. The molecular formula is C10H12F3NO3. The fourth-order valence-corrected chi connectivity index (χ4v) is 1.30. The number of hydrogen-bond acceptors (Lipinski definition) is 3. The van der Waals surface area contributed by atoms with Crippen molar-refractivity contribution < 1.29 is 27.5 Å². The Labute approximate surface area is 95.4 Å². The molecule has 0 bridgehead atoms. The summed E-state index contributed by atoms with van der Waals surface area (Å²) in [6.45, 7) is 1.44. The Balaban J connectivity index is 3.15. The highest BCUT2D eigenvalue weighted by Gasteiger charge is 2.58. The molecule has 1 atom stereocenters. The molecule has 96 valence electrons. The van der Waals surface area contributed by atoms with Gasteiger partial charge in [-0.05, 0) is 19.1 Å². The lowest BCUT2D eigenvalue weighted by atomic mass is 9.95. The Morgan fingerprint density at radius 2 is 2.06 bits per heavy atom. The van der Waals surface area contributed by atoms with Crippen molar-refractivity contribution in [3.05, 3.63) is 23.7 Å². The van der Waals surface area contributed by atoms with Crippen molar-refractivity contribution in [1.29, 1.82) is 0 Å². The number of halogens is 3. The number of aliphatic hydroxyl groups is 1. The van der Waals surface area contributed by atoms with Crippen molar-refractivity contribution in [3.63, 3.8) is 0 Å². The van der Waals surface area contributed by atoms with Crippen LogP contribution in [-0.2, 0) is 10.4 Å². The number of alkyl halides is 3. The molecule has 0 aromatic carbocycles. The fourth-order valence-electron chi connectivity index (χ4n) is 1.30. The molecule has 2 N–H and O–H groups in total. The molecule has 17 heavy (non-hydrogen) atoms. The third-order valence-corrected chi connectivity index (χ3v) is 2.31. The molecule has 1 aromatic heterocycles. The van der Waals surface area contributed by atoms with Crippen molar-refractivity contribution >= 4 is 5.91 Å². The number of furan rings is 1. The summed E-state index contributed by atoms with van der Waals surface area (Å²) in [5, 5.41) is 11.7. The number of carbonyl (C=O) groups is 1. The molecule has 7 heteroatoms. The zero-order valence-corrected chi connectivity index (χ0v) is 9.26. The molecule has 0 saturated carbocycles. The number of hydrogen-bond donors (Lipinski definition) is 2. The molecule has 1 rings (SSSR count). The van der Waals surface area contributed by atoms with Gasteiger partial charge in [-0.3, -0.25) is 4.79 Å². The smallest absolute Gasteiger partial charge is 0.425 e. The zero-order valence-electron chi connectivity index (χ0n) is 9.26. The van der Waals surface area contributed by atoms with Crippen molar-refractivity contribution in [2.45, 2.75) is 25.1 Å². The summed E-state index contributed by atoms with van der Waals surface area (Å²) in [6.07, 6.45) is -6.14. The number of rotatable bonds is 3. The minimum atomic E-state index is -5.00. The van der Waals surface area contributed by atoms with Gasteiger partial charge >= 0.3 is 6.18 Å². The first kappa shape index (κ1) is 13.6. The van der Waals surface area contributed by atoms with E-state index in [0.29, 0.717) is 0 Å². The van der Waals surface area contributed by atoms with Gasteiger partial charge in [-0.25, -0.2) is 0 Å². The number of aryl methyl sites for hydroxylation is 1. The van der Waals surface area contributed by atoms with Gasteiger partial charge in [0, 0.05) is 7.05 Å². The van der Waals surface area contributed by atoms with Gasteiger partial charge in [0.05, 0.1) is 6.42 Å². The predicted molar refractivity (Wildman–Crippen MR) is 52.1 cm³/mol. The quantitative estimate of drug-likeness (QED) is 0.855. The minimum Gasteiger partial charge on any atom is -0.463 e. The van der Waals surface area contributed by atoms with E-state index >= 15 is 0 Å². The number of carbonyl (C=O) groups excluding carboxylic acids is 1. The van der Waals surface area contributed by atoms with E-state index < -0.39 is 29.9 Å². The van der Waals surface area contributed by atoms with Crippen LogP contribution in [-0.4, -0.2) is 24.2 Å². The Morgan fingerprint density at radius 1 is 1.47 bits per heavy atom. The third kappa shape index (κ3) is 2.60. The van der Waals surface area contributed by atoms with Gasteiger partial charge in [0.25, 0.3) is 0 Å². The van der Waals surface area contributed by atoms with Crippen LogP contribution in [0, 0.1) is 6.92 Å². The molecule has 0 aliphatic carbocycles. The Morgan fingerprint density at radius 3 is 2.41 bits per heavy atom. The maximum Gasteiger partial charge on any atom is 0.425 e. The predicted octanol–water partition coefficient (Wildman–Crippen LogP) is 1.47. The monoisotopic (exact) mass is 251 g/mol. The lowest BCUT2D eigenvalue weighted by molar-refractivity contribution is -0.273. The molecular weight excluding hydrogens is 239 g/mol. The third-order valence-electron chi connectivity index (χ3n) is 2.31. The van der Waals surface area contributed by atoms with Crippen molar-refractivity contribution in [2.24, 2.45) is 0 Å². The Kier molecular flexibility index (Phi) is 3.51. The second-order valence-electron chi connectivity index (χ2n) is 3.62. The van der Waals surface area contributed by atoms with Gasteiger partial charge in [-0.15, -0.1) is 0 Å². The van der Waals surface area contributed by atoms with E-state index in [2.05, 4.69) is 0 Å². The van der Waals surface area contributed by atoms with E-state index in [-0.39, 0.29) is 5.76 Å². The molecule has 1 amide bonds. The maximum absolute atomic E-state index is 12.8. The van der Waals surface area contributed by atoms with Gasteiger partial charge in [-0.2, -0.15) is 13.2 Å². The van der Waals surface area contributed by atoms with Crippen LogP contribution in [0.2, 0.25) is 0 Å². The lowest BCUT2D eigenvalue weighted by Gasteiger charge is -2.27. The fraction of sp³-hybridized carbons (Fsp3) is 0.500. The average molecular weight is 251 g/mol. The highest BCUT2D eigenvalue weighted by Crippen LogP contribution is 2.42. The van der Waals surface area contributed by atoms with Gasteiger partial charge in [0.15, 0.2) is 0 Å². The SMILES string of the molecule is CNC(=O)CC(O)(c1ccc(C)o1)C(F)(F)F. The molecule has 1 aromatic rings. The Hall–Kier alpha value is -1.50. The van der Waals surface area contributed by atoms with E-state index in [0.717, 1.165) is 6.07 Å². The number of amides is 1. The summed E-state index contributed by atoms with van der Waals surface area (Å²) in [7, 11) is 1.19. The topological polar surface area (TPSA) is 62.5 Å². The molecule has 1 unspecified atom stereocenters. The van der Waals surface area contributed by atoms with E-state index in [4.69, 9.17) is 4.42 Å². The molecule has 0 spiro atoms. The molecule has 0 aliphatic heterocycles. The zero-order chi connectivity index (χ0) is 13.3. The summed E-state index contributed by atoms with van der Waals surface area (Å²) >= 11 is 0. The molecule has 0 fully saturated rings. The first-order valence-electron chi connectivity index (χ1n) is 4.77. The van der Waals surface area contributed by atoms with E-state index in [1.807, 2.05) is 5.32 Å². The second kappa shape index (κ2) is 4.40. The maximum atomic E-state index is 12.8. The first-order chi connectivity index (χ1) is 7.70. The first-order valence-corrected chi connectivity index (χ1v) is 4.77. The van der Waals surface area contributed by atoms with Crippen LogP contribution in [0.25, 0.3) is 0 Å². The normalized spacial score (nSPS) is 15.4. The van der Waals surface area contributed by atoms with Crippen molar-refractivity contribution in [3.8, 4) is 0 Å². The van der Waals surface area contributed by atoms with E-state index in [1.165, 1.54) is 20.0 Å². The second-order valence-corrected chi connectivity index (χ2v) is 3.62. The molecule has 0 saturated heterocycles. The van der Waals surface area contributed by atoms with Crippen LogP contribution < -0.4 is 5.32 Å². The van der Waals surface area contributed by atoms with Crippen LogP contribution in [0.15, 0.2) is 16.5 Å². The van der Waals surface area contributed by atoms with Crippen LogP contribution in [0.4, 0.5) is 13.2 Å². The highest BCUT2D eigenvalue weighted by molar-refractivity contribution is 5.77. The standard InChI is InChI=1S/C10H12F3NO3/c1-6-3-4-7(17-6)9(16,10(11,12)13)5-8(15)14-2/h3-4,16H,5H2,1-2H3,(H,14,15). The molecule has 1 heterocycles. The van der Waals surface area contributed by atoms with Crippen LogP contribution in [0.3, 0.4) is 0 Å². The van der Waals surface area contributed by atoms with Crippen molar-refractivity contribution in [1.82, 2.24) is 5.32 Å². The van der Waals surface area contributed by atoms with Crippen LogP contribution >= 0.6 is 0 Å². The molecule has 0 aliphatic rings. The summed E-state index contributed by atoms with van der Waals surface area (Å²) in [6, 6.07) is 2.29. The number of nitrogens with one attached hydrogen (secondary N) is 1. The summed E-state index contributed by atoms with van der Waals surface area (Å²) in [4.78, 5) is 11.0. The average Bonchev–Trinajstić information content (AvgIpc) is 2.63. The largest absolute Gasteiger partial charge is 0.463 e. The van der Waals surface area contributed by atoms with Gasteiger partial charge in [-0.1, -0.05) is 0 Å². The summed E-state index contributed by atoms with van der Waals surface area (Å²) in [5.74, 6) is -1.40. The van der Waals surface area contributed by atoms with E-state index in [9.17, 15) is 23.1 Å². The Bertz CT molecular complexity index is 413. The van der Waals surface area contributed by atoms with Crippen LogP contribution in [0.5, 0.6) is 0 Å². The van der Waals surface area contributed by atoms with Gasteiger partial charge in [0.2, 0.25) is 11.5 Å². The lowest BCUT2D eigenvalue weighted by Crippen LogP contribution is -2.45. The van der Waals surface area contributed by atoms with Crippen molar-refractivity contribution in [2.75, 3.05) is 7.05 Å². The molecule has 4 nitrogen and oxygen atoms in total. The van der Waals surface area contributed by atoms with E-state index in [1.54, 1.807) is 0 Å².